The second kappa shape index (κ2) is 10.5. The fourth-order valence-electron chi connectivity index (χ4n) is 1.91. The molecule has 3 N–H and O–H groups in total. The molecule has 2 rings (SSSR count). The second-order valence-corrected chi connectivity index (χ2v) is 5.77. The highest BCUT2D eigenvalue weighted by atomic mass is 35.5. The molecular weight excluding hydrogens is 403 g/mol. The van der Waals surface area contributed by atoms with Crippen molar-refractivity contribution < 1.29 is 37.7 Å². The molecule has 0 aromatic heterocycles. The highest BCUT2D eigenvalue weighted by molar-refractivity contribution is 6.31. The van der Waals surface area contributed by atoms with Gasteiger partial charge < -0.3 is 20.3 Å². The number of alkyl halides is 3. The number of carboxylic acids is 2. The van der Waals surface area contributed by atoms with Gasteiger partial charge in [-0.3, -0.25) is 0 Å². The van der Waals surface area contributed by atoms with E-state index in [9.17, 15) is 18.0 Å². The van der Waals surface area contributed by atoms with Gasteiger partial charge in [-0.2, -0.15) is 13.2 Å². The number of carbonyl (C=O) groups is 2. The number of nitrogens with one attached hydrogen (secondary N) is 1. The van der Waals surface area contributed by atoms with Crippen LogP contribution in [0.3, 0.4) is 0 Å². The van der Waals surface area contributed by atoms with Crippen molar-refractivity contribution in [3.05, 3.63) is 64.2 Å². The first-order chi connectivity index (χ1) is 13.0. The lowest BCUT2D eigenvalue weighted by Gasteiger charge is -2.08. The Bertz CT molecular complexity index is 810. The van der Waals surface area contributed by atoms with Crippen LogP contribution in [0.2, 0.25) is 5.02 Å². The number of methoxy groups -OCH3 is 1. The number of halogens is 4. The number of benzene rings is 2. The van der Waals surface area contributed by atoms with Crippen LogP contribution in [0.15, 0.2) is 42.5 Å². The first-order valence-corrected chi connectivity index (χ1v) is 8.08. The molecule has 28 heavy (non-hydrogen) atoms. The zero-order chi connectivity index (χ0) is 21.3. The Morgan fingerprint density at radius 2 is 1.64 bits per heavy atom. The number of carboxylic acid groups (broad SMARTS) is 2. The zero-order valence-electron chi connectivity index (χ0n) is 14.6. The summed E-state index contributed by atoms with van der Waals surface area (Å²) in [6.07, 6.45) is -5.08. The molecule has 2 aromatic rings. The molecule has 0 unspecified atom stereocenters. The third-order valence-electron chi connectivity index (χ3n) is 3.35. The first kappa shape index (κ1) is 23.3. The van der Waals surface area contributed by atoms with Gasteiger partial charge in [0.15, 0.2) is 0 Å². The van der Waals surface area contributed by atoms with E-state index in [1.165, 1.54) is 0 Å². The van der Waals surface area contributed by atoms with Gasteiger partial charge in [-0.25, -0.2) is 9.59 Å². The van der Waals surface area contributed by atoms with E-state index in [1.54, 1.807) is 37.4 Å². The minimum atomic E-state index is -5.08. The predicted octanol–water partition coefficient (Wildman–Crippen LogP) is 3.97. The van der Waals surface area contributed by atoms with Crippen molar-refractivity contribution in [2.75, 3.05) is 7.11 Å². The summed E-state index contributed by atoms with van der Waals surface area (Å²) >= 11 is 6.16. The smallest absolute Gasteiger partial charge is 0.490 e. The lowest BCUT2D eigenvalue weighted by Crippen LogP contribution is -2.21. The van der Waals surface area contributed by atoms with Crippen molar-refractivity contribution >= 4 is 23.5 Å². The van der Waals surface area contributed by atoms with Gasteiger partial charge in [-0.1, -0.05) is 29.8 Å². The first-order valence-electron chi connectivity index (χ1n) is 7.70. The number of aromatic carboxylic acids is 1. The number of hydrogen-bond acceptors (Lipinski definition) is 4. The summed E-state index contributed by atoms with van der Waals surface area (Å²) in [7, 11) is 1.60. The van der Waals surface area contributed by atoms with Crippen LogP contribution in [0.25, 0.3) is 0 Å². The molecule has 0 amide bonds. The SMILES string of the molecule is COc1ccc(CNCc2ccc(C(=O)O)cc2)c(Cl)c1.O=C(O)C(F)(F)F. The maximum Gasteiger partial charge on any atom is 0.490 e. The fourth-order valence-corrected chi connectivity index (χ4v) is 2.14. The average Bonchev–Trinajstić information content (AvgIpc) is 2.63. The molecule has 152 valence electrons. The van der Waals surface area contributed by atoms with E-state index in [4.69, 9.17) is 31.3 Å². The molecule has 0 aliphatic heterocycles. The highest BCUT2D eigenvalue weighted by Crippen LogP contribution is 2.22. The van der Waals surface area contributed by atoms with Crippen LogP contribution in [-0.4, -0.2) is 35.4 Å². The van der Waals surface area contributed by atoms with E-state index in [0.29, 0.717) is 18.1 Å². The highest BCUT2D eigenvalue weighted by Gasteiger charge is 2.38. The summed E-state index contributed by atoms with van der Waals surface area (Å²) in [6.45, 7) is 1.27. The summed E-state index contributed by atoms with van der Waals surface area (Å²) in [6, 6.07) is 12.4. The Morgan fingerprint density at radius 1 is 1.07 bits per heavy atom. The van der Waals surface area contributed by atoms with Crippen molar-refractivity contribution in [3.8, 4) is 5.75 Å². The van der Waals surface area contributed by atoms with Crippen molar-refractivity contribution in [1.29, 1.82) is 0 Å². The van der Waals surface area contributed by atoms with Gasteiger partial charge in [0.25, 0.3) is 0 Å². The molecule has 0 radical (unpaired) electrons. The van der Waals surface area contributed by atoms with Crippen LogP contribution in [0.4, 0.5) is 13.2 Å². The van der Waals surface area contributed by atoms with Crippen LogP contribution >= 0.6 is 11.6 Å². The fraction of sp³-hybridized carbons (Fsp3) is 0.222. The number of aliphatic carboxylic acids is 1. The number of rotatable bonds is 6. The van der Waals surface area contributed by atoms with Crippen LogP contribution < -0.4 is 10.1 Å². The van der Waals surface area contributed by atoms with E-state index in [-0.39, 0.29) is 5.56 Å². The van der Waals surface area contributed by atoms with Crippen molar-refractivity contribution in [1.82, 2.24) is 5.32 Å². The molecule has 0 aliphatic carbocycles. The summed E-state index contributed by atoms with van der Waals surface area (Å²) in [4.78, 5) is 19.7. The van der Waals surface area contributed by atoms with Gasteiger partial charge in [0.1, 0.15) is 5.75 Å². The Hall–Kier alpha value is -2.78. The minimum absolute atomic E-state index is 0.289. The quantitative estimate of drug-likeness (QED) is 0.655. The lowest BCUT2D eigenvalue weighted by atomic mass is 10.1. The molecule has 0 spiro atoms. The maximum atomic E-state index is 10.8. The van der Waals surface area contributed by atoms with E-state index in [0.717, 1.165) is 16.9 Å². The summed E-state index contributed by atoms with van der Waals surface area (Å²) in [5.41, 5.74) is 2.29. The van der Waals surface area contributed by atoms with E-state index in [1.807, 2.05) is 12.1 Å². The third-order valence-corrected chi connectivity index (χ3v) is 3.70. The summed E-state index contributed by atoms with van der Waals surface area (Å²) < 4.78 is 36.8. The van der Waals surface area contributed by atoms with Crippen molar-refractivity contribution in [3.63, 3.8) is 0 Å². The molecule has 10 heteroatoms. The Labute approximate surface area is 163 Å². The molecule has 6 nitrogen and oxygen atoms in total. The van der Waals surface area contributed by atoms with Gasteiger partial charge in [0, 0.05) is 18.1 Å². The third kappa shape index (κ3) is 7.85. The normalized spacial score (nSPS) is 10.6. The Balaban J connectivity index is 0.000000480. The van der Waals surface area contributed by atoms with Crippen molar-refractivity contribution in [2.24, 2.45) is 0 Å². The molecule has 0 saturated carbocycles. The number of ether oxygens (including phenoxy) is 1. The van der Waals surface area contributed by atoms with Crippen LogP contribution in [0.1, 0.15) is 21.5 Å². The molecule has 0 saturated heterocycles. The topological polar surface area (TPSA) is 95.9 Å². The maximum absolute atomic E-state index is 10.8. The van der Waals surface area contributed by atoms with E-state index in [2.05, 4.69) is 5.32 Å². The summed E-state index contributed by atoms with van der Waals surface area (Å²) in [5, 5.41) is 19.9. The average molecular weight is 420 g/mol. The van der Waals surface area contributed by atoms with Gasteiger partial charge in [-0.15, -0.1) is 0 Å². The monoisotopic (exact) mass is 419 g/mol. The molecule has 0 bridgehead atoms. The standard InChI is InChI=1S/C16H16ClNO3.C2HF3O2/c1-21-14-7-6-13(15(17)8-14)10-18-9-11-2-4-12(5-3-11)16(19)20;3-2(4,5)1(6)7/h2-8,18H,9-10H2,1H3,(H,19,20);(H,6,7). The van der Waals surface area contributed by atoms with Gasteiger partial charge in [0.05, 0.1) is 12.7 Å². The van der Waals surface area contributed by atoms with Crippen LogP contribution in [0, 0.1) is 0 Å². The van der Waals surface area contributed by atoms with E-state index < -0.39 is 18.1 Å². The Morgan fingerprint density at radius 3 is 2.07 bits per heavy atom. The van der Waals surface area contributed by atoms with Crippen LogP contribution in [-0.2, 0) is 17.9 Å². The largest absolute Gasteiger partial charge is 0.497 e. The molecule has 0 fully saturated rings. The molecule has 0 aliphatic rings. The molecular formula is C18H17ClF3NO5. The molecule has 0 atom stereocenters. The van der Waals surface area contributed by atoms with Crippen molar-refractivity contribution in [2.45, 2.75) is 19.3 Å². The van der Waals surface area contributed by atoms with Gasteiger partial charge >= 0.3 is 18.1 Å². The van der Waals surface area contributed by atoms with Gasteiger partial charge in [0.2, 0.25) is 0 Å². The second-order valence-electron chi connectivity index (χ2n) is 5.37. The minimum Gasteiger partial charge on any atom is -0.497 e. The summed E-state index contributed by atoms with van der Waals surface area (Å²) in [5.74, 6) is -2.94. The number of hydrogen-bond donors (Lipinski definition) is 3. The van der Waals surface area contributed by atoms with E-state index >= 15 is 0 Å². The zero-order valence-corrected chi connectivity index (χ0v) is 15.3. The molecule has 0 heterocycles. The lowest BCUT2D eigenvalue weighted by molar-refractivity contribution is -0.192. The predicted molar refractivity (Wildman–Crippen MR) is 95.6 cm³/mol. The Kier molecular flexibility index (Phi) is 8.75. The van der Waals surface area contributed by atoms with Gasteiger partial charge in [-0.05, 0) is 35.4 Å². The van der Waals surface area contributed by atoms with Crippen LogP contribution in [0.5, 0.6) is 5.75 Å². The molecule has 2 aromatic carbocycles.